The van der Waals surface area contributed by atoms with Crippen molar-refractivity contribution in [3.8, 4) is 5.75 Å². The van der Waals surface area contributed by atoms with Crippen LogP contribution in [-0.2, 0) is 9.59 Å². The number of carbonyl (C=O) groups excluding carboxylic acids is 2. The quantitative estimate of drug-likeness (QED) is 0.389. The SMILES string of the molecule is O=C(C[C@H]1Oc2ccccc2NC1=O)NCCNc1ccc([N+](=O)[O-])cc1. The molecule has 0 saturated carbocycles. The predicted octanol–water partition coefficient (Wildman–Crippen LogP) is 1.91. The van der Waals surface area contributed by atoms with Gasteiger partial charge < -0.3 is 20.7 Å². The van der Waals surface area contributed by atoms with Crippen molar-refractivity contribution in [2.75, 3.05) is 23.7 Å². The molecule has 140 valence electrons. The summed E-state index contributed by atoms with van der Waals surface area (Å²) in [5.74, 6) is -0.123. The lowest BCUT2D eigenvalue weighted by molar-refractivity contribution is -0.384. The Morgan fingerprint density at radius 2 is 1.89 bits per heavy atom. The summed E-state index contributed by atoms with van der Waals surface area (Å²) in [4.78, 5) is 34.2. The molecule has 2 aromatic carbocycles. The Morgan fingerprint density at radius 1 is 1.15 bits per heavy atom. The number of nitrogens with zero attached hydrogens (tertiary/aromatic N) is 1. The van der Waals surface area contributed by atoms with E-state index in [4.69, 9.17) is 4.74 Å². The Morgan fingerprint density at radius 3 is 2.63 bits per heavy atom. The van der Waals surface area contributed by atoms with Crippen molar-refractivity contribution in [2.24, 2.45) is 0 Å². The Bertz CT molecular complexity index is 853. The molecule has 9 nitrogen and oxygen atoms in total. The summed E-state index contributed by atoms with van der Waals surface area (Å²) in [6.45, 7) is 0.769. The second-order valence-electron chi connectivity index (χ2n) is 5.88. The molecule has 3 N–H and O–H groups in total. The minimum Gasteiger partial charge on any atom is -0.478 e. The molecule has 1 atom stereocenters. The maximum atomic E-state index is 12.0. The summed E-state index contributed by atoms with van der Waals surface area (Å²) >= 11 is 0. The van der Waals surface area contributed by atoms with E-state index < -0.39 is 11.0 Å². The van der Waals surface area contributed by atoms with Crippen LogP contribution in [0.25, 0.3) is 0 Å². The number of benzene rings is 2. The number of anilines is 2. The zero-order valence-corrected chi connectivity index (χ0v) is 14.3. The molecular weight excluding hydrogens is 352 g/mol. The third kappa shape index (κ3) is 4.72. The monoisotopic (exact) mass is 370 g/mol. The molecule has 0 radical (unpaired) electrons. The maximum absolute atomic E-state index is 12.0. The van der Waals surface area contributed by atoms with Crippen LogP contribution in [0, 0.1) is 10.1 Å². The molecule has 27 heavy (non-hydrogen) atoms. The first-order valence-corrected chi connectivity index (χ1v) is 8.34. The van der Waals surface area contributed by atoms with Gasteiger partial charge in [0, 0.05) is 30.9 Å². The zero-order chi connectivity index (χ0) is 19.2. The van der Waals surface area contributed by atoms with Crippen molar-refractivity contribution in [3.63, 3.8) is 0 Å². The number of hydrogen-bond donors (Lipinski definition) is 3. The van der Waals surface area contributed by atoms with Crippen molar-refractivity contribution in [2.45, 2.75) is 12.5 Å². The normalized spacial score (nSPS) is 15.1. The average Bonchev–Trinajstić information content (AvgIpc) is 2.66. The Balaban J connectivity index is 1.41. The smallest absolute Gasteiger partial charge is 0.269 e. The molecule has 0 unspecified atom stereocenters. The molecule has 2 amide bonds. The van der Waals surface area contributed by atoms with Gasteiger partial charge in [0.2, 0.25) is 5.91 Å². The summed E-state index contributed by atoms with van der Waals surface area (Å²) < 4.78 is 5.58. The fourth-order valence-electron chi connectivity index (χ4n) is 2.58. The summed E-state index contributed by atoms with van der Waals surface area (Å²) in [7, 11) is 0. The molecule has 1 aliphatic heterocycles. The van der Waals surface area contributed by atoms with Crippen molar-refractivity contribution in [3.05, 3.63) is 58.6 Å². The number of carbonyl (C=O) groups is 2. The lowest BCUT2D eigenvalue weighted by Gasteiger charge is -2.25. The highest BCUT2D eigenvalue weighted by Gasteiger charge is 2.29. The van der Waals surface area contributed by atoms with Gasteiger partial charge in [-0.1, -0.05) is 12.1 Å². The number of ether oxygens (including phenoxy) is 1. The summed E-state index contributed by atoms with van der Waals surface area (Å²) in [6.07, 6.45) is -0.958. The number of nitro benzene ring substituents is 1. The highest BCUT2D eigenvalue weighted by Crippen LogP contribution is 2.29. The Hall–Kier alpha value is -3.62. The van der Waals surface area contributed by atoms with Crippen LogP contribution >= 0.6 is 0 Å². The molecule has 0 fully saturated rings. The third-order valence-corrected chi connectivity index (χ3v) is 3.93. The molecule has 0 spiro atoms. The third-order valence-electron chi connectivity index (χ3n) is 3.93. The summed E-state index contributed by atoms with van der Waals surface area (Å²) in [5.41, 5.74) is 1.31. The Labute approximate surface area is 154 Å². The van der Waals surface area contributed by atoms with E-state index in [9.17, 15) is 19.7 Å². The van der Waals surface area contributed by atoms with Crippen molar-refractivity contribution < 1.29 is 19.2 Å². The topological polar surface area (TPSA) is 123 Å². The molecular formula is C18H18N4O5. The number of non-ortho nitro benzene ring substituents is 1. The molecule has 0 aliphatic carbocycles. The zero-order valence-electron chi connectivity index (χ0n) is 14.3. The van der Waals surface area contributed by atoms with Crippen LogP contribution < -0.4 is 20.7 Å². The van der Waals surface area contributed by atoms with Crippen molar-refractivity contribution >= 4 is 28.9 Å². The Kier molecular flexibility index (Phi) is 5.50. The van der Waals surface area contributed by atoms with Crippen molar-refractivity contribution in [1.82, 2.24) is 5.32 Å². The molecule has 3 rings (SSSR count). The van der Waals surface area contributed by atoms with Crippen LogP contribution in [0.15, 0.2) is 48.5 Å². The summed E-state index contributed by atoms with van der Waals surface area (Å²) in [5, 5.41) is 19.1. The standard InChI is InChI=1S/C18H18N4O5/c23-17(11-16-18(24)21-14-3-1-2-4-15(14)27-16)20-10-9-19-12-5-7-13(8-6-12)22(25)26/h1-8,16,19H,9-11H2,(H,20,23)(H,21,24)/t16-/m1/s1. The number of rotatable bonds is 7. The van der Waals surface area contributed by atoms with Gasteiger partial charge >= 0.3 is 0 Å². The van der Waals surface area contributed by atoms with Crippen LogP contribution in [0.2, 0.25) is 0 Å². The van der Waals surface area contributed by atoms with Gasteiger partial charge in [0.15, 0.2) is 6.10 Å². The van der Waals surface area contributed by atoms with Gasteiger partial charge in [-0.2, -0.15) is 0 Å². The molecule has 0 saturated heterocycles. The maximum Gasteiger partial charge on any atom is 0.269 e. The first kappa shape index (κ1) is 18.2. The molecule has 2 aromatic rings. The minimum atomic E-state index is -0.873. The fourth-order valence-corrected chi connectivity index (χ4v) is 2.58. The van der Waals surface area contributed by atoms with E-state index in [-0.39, 0.29) is 23.9 Å². The van der Waals surface area contributed by atoms with Crippen LogP contribution in [0.5, 0.6) is 5.75 Å². The van der Waals surface area contributed by atoms with Crippen molar-refractivity contribution in [1.29, 1.82) is 0 Å². The van der Waals surface area contributed by atoms with E-state index in [0.717, 1.165) is 0 Å². The molecule has 1 heterocycles. The number of hydrogen-bond acceptors (Lipinski definition) is 6. The minimum absolute atomic E-state index is 0.0150. The highest BCUT2D eigenvalue weighted by molar-refractivity contribution is 5.99. The van der Waals surface area contributed by atoms with Crippen LogP contribution in [0.4, 0.5) is 17.1 Å². The molecule has 0 aromatic heterocycles. The van der Waals surface area contributed by atoms with E-state index >= 15 is 0 Å². The lowest BCUT2D eigenvalue weighted by atomic mass is 10.1. The second kappa shape index (κ2) is 8.17. The average molecular weight is 370 g/mol. The van der Waals surface area contributed by atoms with E-state index in [0.29, 0.717) is 30.2 Å². The second-order valence-corrected chi connectivity index (χ2v) is 5.88. The van der Waals surface area contributed by atoms with E-state index in [2.05, 4.69) is 16.0 Å². The van der Waals surface area contributed by atoms with Gasteiger partial charge in [0.25, 0.3) is 11.6 Å². The number of para-hydroxylation sites is 2. The van der Waals surface area contributed by atoms with Gasteiger partial charge in [0.05, 0.1) is 17.0 Å². The fraction of sp³-hybridized carbons (Fsp3) is 0.222. The molecule has 0 bridgehead atoms. The first-order valence-electron chi connectivity index (χ1n) is 8.34. The van der Waals surface area contributed by atoms with Crippen LogP contribution in [0.1, 0.15) is 6.42 Å². The van der Waals surface area contributed by atoms with Gasteiger partial charge in [-0.25, -0.2) is 0 Å². The molecule has 9 heteroatoms. The van der Waals surface area contributed by atoms with E-state index in [1.54, 1.807) is 36.4 Å². The van der Waals surface area contributed by atoms with Gasteiger partial charge in [-0.15, -0.1) is 0 Å². The van der Waals surface area contributed by atoms with Crippen LogP contribution in [0.3, 0.4) is 0 Å². The highest BCUT2D eigenvalue weighted by atomic mass is 16.6. The first-order chi connectivity index (χ1) is 13.0. The lowest BCUT2D eigenvalue weighted by Crippen LogP contribution is -2.41. The number of nitro groups is 1. The van der Waals surface area contributed by atoms with Gasteiger partial charge in [-0.3, -0.25) is 19.7 Å². The van der Waals surface area contributed by atoms with Gasteiger partial charge in [-0.05, 0) is 24.3 Å². The summed E-state index contributed by atoms with van der Waals surface area (Å²) in [6, 6.07) is 13.0. The largest absolute Gasteiger partial charge is 0.478 e. The van der Waals surface area contributed by atoms with E-state index in [1.807, 2.05) is 0 Å². The number of fused-ring (bicyclic) bond motifs is 1. The number of amides is 2. The predicted molar refractivity (Wildman–Crippen MR) is 98.7 cm³/mol. The van der Waals surface area contributed by atoms with E-state index in [1.165, 1.54) is 12.1 Å². The van der Waals surface area contributed by atoms with Gasteiger partial charge in [0.1, 0.15) is 5.75 Å². The van der Waals surface area contributed by atoms with Crippen LogP contribution in [-0.4, -0.2) is 35.9 Å². The molecule has 1 aliphatic rings. The number of nitrogens with one attached hydrogen (secondary N) is 3.